The Morgan fingerprint density at radius 2 is 2.02 bits per heavy atom. The first kappa shape index (κ1) is 33.1. The van der Waals surface area contributed by atoms with Gasteiger partial charge in [0.05, 0.1) is 13.2 Å². The summed E-state index contributed by atoms with van der Waals surface area (Å²) in [5, 5.41) is 15.0. The van der Waals surface area contributed by atoms with Gasteiger partial charge in [0, 0.05) is 36.9 Å². The number of esters is 1. The topological polar surface area (TPSA) is 166 Å². The molecule has 1 aromatic rings. The minimum absolute atomic E-state index is 0.0810. The summed E-state index contributed by atoms with van der Waals surface area (Å²) >= 11 is 0. The number of hydrogen-bond acceptors (Lipinski definition) is 8. The lowest BCUT2D eigenvalue weighted by molar-refractivity contribution is -0.148. The first-order chi connectivity index (χ1) is 19.9. The van der Waals surface area contributed by atoms with Gasteiger partial charge in [0.2, 0.25) is 5.91 Å². The molecule has 1 saturated heterocycles. The molecule has 0 bridgehead atoms. The van der Waals surface area contributed by atoms with Gasteiger partial charge >= 0.3 is 12.1 Å². The van der Waals surface area contributed by atoms with E-state index in [4.69, 9.17) is 20.2 Å². The van der Waals surface area contributed by atoms with E-state index in [9.17, 15) is 14.4 Å². The lowest BCUT2D eigenvalue weighted by Crippen LogP contribution is -2.53. The summed E-state index contributed by atoms with van der Waals surface area (Å²) in [6.45, 7) is 8.79. The standard InChI is InChI=1S/C29H40N6O6/c1-4-5-14-23-21(2)20-35(24(28(37)40-3)19-22-12-8-6-9-13-22)27(23)25(16-18-32-34-30)41-29(38)31-17-11-7-10-15-26(36)33-39/h4-6,8-9,12-14,23-25,27,39H,1-2,7,10-11,15-20H2,3H3,(H,31,38)(H,33,36)/b14-5+/t23-,24+,25+,27-/m1/s1. The molecule has 1 aliphatic heterocycles. The first-order valence-electron chi connectivity index (χ1n) is 13.6. The van der Waals surface area contributed by atoms with Gasteiger partial charge < -0.3 is 14.8 Å². The molecule has 0 aromatic heterocycles. The van der Waals surface area contributed by atoms with Crippen molar-refractivity contribution in [2.24, 2.45) is 11.0 Å². The molecule has 0 spiro atoms. The fourth-order valence-electron chi connectivity index (χ4n) is 4.96. The van der Waals surface area contributed by atoms with Gasteiger partial charge in [-0.25, -0.2) is 10.3 Å². The van der Waals surface area contributed by atoms with E-state index in [1.54, 1.807) is 17.6 Å². The van der Waals surface area contributed by atoms with Crippen molar-refractivity contribution >= 4 is 18.0 Å². The highest BCUT2D eigenvalue weighted by Crippen LogP contribution is 2.36. The second-order valence-corrected chi connectivity index (χ2v) is 9.66. The number of ether oxygens (including phenoxy) is 2. The van der Waals surface area contributed by atoms with E-state index >= 15 is 0 Å². The van der Waals surface area contributed by atoms with E-state index in [-0.39, 0.29) is 25.3 Å². The second-order valence-electron chi connectivity index (χ2n) is 9.66. The van der Waals surface area contributed by atoms with Gasteiger partial charge in [-0.3, -0.25) is 19.7 Å². The third-order valence-electron chi connectivity index (χ3n) is 6.90. The van der Waals surface area contributed by atoms with Gasteiger partial charge in [0.15, 0.2) is 0 Å². The zero-order chi connectivity index (χ0) is 30.0. The number of azide groups is 1. The SMILES string of the molecule is C=C/C=C/[C@@H]1C(=C)CN([C@@H](Cc2ccccc2)C(=O)OC)[C@H]1[C@H](CCN=[N+]=[N-])OC(=O)NCCCCCC(=O)NO. The molecular formula is C29H40N6O6. The van der Waals surface area contributed by atoms with Gasteiger partial charge in [-0.05, 0) is 36.8 Å². The van der Waals surface area contributed by atoms with E-state index in [2.05, 4.69) is 28.5 Å². The van der Waals surface area contributed by atoms with Crippen molar-refractivity contribution in [3.63, 3.8) is 0 Å². The molecule has 2 amide bonds. The smallest absolute Gasteiger partial charge is 0.407 e. The minimum atomic E-state index is -0.754. The highest BCUT2D eigenvalue weighted by molar-refractivity contribution is 5.76. The van der Waals surface area contributed by atoms with Crippen LogP contribution in [0.2, 0.25) is 0 Å². The molecule has 4 atom stereocenters. The Labute approximate surface area is 240 Å². The normalized spacial score (nSPS) is 18.2. The predicted octanol–water partition coefficient (Wildman–Crippen LogP) is 4.23. The summed E-state index contributed by atoms with van der Waals surface area (Å²) in [6.07, 6.45) is 6.56. The van der Waals surface area contributed by atoms with Gasteiger partial charge in [0.1, 0.15) is 12.1 Å². The molecule has 12 nitrogen and oxygen atoms in total. The van der Waals surface area contributed by atoms with Crippen LogP contribution in [0, 0.1) is 5.92 Å². The zero-order valence-electron chi connectivity index (χ0n) is 23.5. The Balaban J connectivity index is 2.29. The highest BCUT2D eigenvalue weighted by atomic mass is 16.6. The molecule has 0 saturated carbocycles. The van der Waals surface area contributed by atoms with Gasteiger partial charge in [-0.1, -0.05) is 78.8 Å². The second kappa shape index (κ2) is 18.3. The molecule has 12 heteroatoms. The van der Waals surface area contributed by atoms with Crippen LogP contribution in [-0.2, 0) is 25.5 Å². The van der Waals surface area contributed by atoms with Crippen molar-refractivity contribution in [3.05, 3.63) is 83.3 Å². The van der Waals surface area contributed by atoms with Crippen molar-refractivity contribution in [1.82, 2.24) is 15.7 Å². The Bertz CT molecular complexity index is 1100. The van der Waals surface area contributed by atoms with Crippen LogP contribution < -0.4 is 10.8 Å². The summed E-state index contributed by atoms with van der Waals surface area (Å²) in [7, 11) is 1.34. The molecule has 1 aromatic carbocycles. The Kier molecular flexibility index (Phi) is 14.7. The third-order valence-corrected chi connectivity index (χ3v) is 6.90. The maximum absolute atomic E-state index is 13.1. The largest absolute Gasteiger partial charge is 0.468 e. The van der Waals surface area contributed by atoms with Gasteiger partial charge in [-0.2, -0.15) is 0 Å². The zero-order valence-corrected chi connectivity index (χ0v) is 23.5. The number of likely N-dealkylation sites (tertiary alicyclic amines) is 1. The number of unbranched alkanes of at least 4 members (excludes halogenated alkanes) is 2. The van der Waals surface area contributed by atoms with Gasteiger partial charge in [0.25, 0.3) is 0 Å². The van der Waals surface area contributed by atoms with Gasteiger partial charge in [-0.15, -0.1) is 0 Å². The fraction of sp³-hybridized carbons (Fsp3) is 0.483. The van der Waals surface area contributed by atoms with Crippen molar-refractivity contribution in [3.8, 4) is 0 Å². The van der Waals surface area contributed by atoms with E-state index < -0.39 is 36.2 Å². The van der Waals surface area contributed by atoms with Crippen LogP contribution in [0.5, 0.6) is 0 Å². The number of nitrogens with one attached hydrogen (secondary N) is 2. The Morgan fingerprint density at radius 3 is 2.68 bits per heavy atom. The van der Waals surface area contributed by atoms with Crippen molar-refractivity contribution < 1.29 is 29.1 Å². The van der Waals surface area contributed by atoms with E-state index in [1.165, 1.54) is 7.11 Å². The maximum atomic E-state index is 13.1. The summed E-state index contributed by atoms with van der Waals surface area (Å²) in [5.41, 5.74) is 12.2. The van der Waals surface area contributed by atoms with Crippen LogP contribution in [0.4, 0.5) is 4.79 Å². The summed E-state index contributed by atoms with van der Waals surface area (Å²) in [4.78, 5) is 41.9. The number of rotatable bonds is 17. The number of hydroxylamine groups is 1. The number of nitrogens with zero attached hydrogens (tertiary/aromatic N) is 4. The molecule has 0 aliphatic carbocycles. The maximum Gasteiger partial charge on any atom is 0.407 e. The number of hydrogen-bond donors (Lipinski definition) is 3. The summed E-state index contributed by atoms with van der Waals surface area (Å²) in [5.74, 6) is -1.16. The lowest BCUT2D eigenvalue weighted by atomic mass is 9.90. The van der Waals surface area contributed by atoms with E-state index in [0.29, 0.717) is 38.8 Å². The molecule has 0 unspecified atom stereocenters. The number of amides is 2. The summed E-state index contributed by atoms with van der Waals surface area (Å²) in [6, 6.07) is 8.39. The summed E-state index contributed by atoms with van der Waals surface area (Å²) < 4.78 is 11.1. The Hall–Kier alpha value is -4.12. The van der Waals surface area contributed by atoms with Crippen LogP contribution in [-0.4, -0.2) is 73.0 Å². The number of allylic oxidation sites excluding steroid dienone is 2. The molecule has 41 heavy (non-hydrogen) atoms. The molecule has 1 fully saturated rings. The predicted molar refractivity (Wildman–Crippen MR) is 154 cm³/mol. The number of carbonyl (C=O) groups excluding carboxylic acids is 3. The molecule has 0 radical (unpaired) electrons. The van der Waals surface area contributed by atoms with E-state index in [1.807, 2.05) is 41.3 Å². The minimum Gasteiger partial charge on any atom is -0.468 e. The van der Waals surface area contributed by atoms with Crippen LogP contribution in [0.3, 0.4) is 0 Å². The fourth-order valence-corrected chi connectivity index (χ4v) is 4.96. The first-order valence-corrected chi connectivity index (χ1v) is 13.6. The van der Waals surface area contributed by atoms with Crippen LogP contribution >= 0.6 is 0 Å². The van der Waals surface area contributed by atoms with Crippen molar-refractivity contribution in [1.29, 1.82) is 0 Å². The molecule has 1 heterocycles. The number of alkyl carbamates (subject to hydrolysis) is 1. The van der Waals surface area contributed by atoms with Crippen molar-refractivity contribution in [2.75, 3.05) is 26.7 Å². The van der Waals surface area contributed by atoms with E-state index in [0.717, 1.165) is 11.1 Å². The lowest BCUT2D eigenvalue weighted by Gasteiger charge is -2.37. The van der Waals surface area contributed by atoms with Crippen LogP contribution in [0.1, 0.15) is 37.7 Å². The monoisotopic (exact) mass is 568 g/mol. The third kappa shape index (κ3) is 10.8. The molecule has 3 N–H and O–H groups in total. The average molecular weight is 569 g/mol. The average Bonchev–Trinajstić information content (AvgIpc) is 3.31. The number of benzene rings is 1. The van der Waals surface area contributed by atoms with Crippen LogP contribution in [0.15, 0.2) is 72.4 Å². The highest BCUT2D eigenvalue weighted by Gasteiger charge is 2.47. The molecule has 1 aliphatic rings. The Morgan fingerprint density at radius 1 is 1.27 bits per heavy atom. The molecule has 2 rings (SSSR count). The van der Waals surface area contributed by atoms with Crippen molar-refractivity contribution in [2.45, 2.75) is 56.7 Å². The number of carbonyl (C=O) groups is 3. The number of methoxy groups -OCH3 is 1. The molecule has 222 valence electrons. The molecular weight excluding hydrogens is 528 g/mol. The van der Waals surface area contributed by atoms with Crippen LogP contribution in [0.25, 0.3) is 10.4 Å². The quantitative estimate of drug-likeness (QED) is 0.0291.